The first-order valence-corrected chi connectivity index (χ1v) is 19.4. The molecule has 2 atom stereocenters. The number of allylic oxidation sites excluding steroid dienone is 1. The molecule has 0 saturated heterocycles. The number of hydrogen-bond donors (Lipinski definition) is 1. The zero-order chi connectivity index (χ0) is 39.5. The van der Waals surface area contributed by atoms with E-state index in [2.05, 4.69) is 110 Å². The topological polar surface area (TPSA) is 66.0 Å². The van der Waals surface area contributed by atoms with Gasteiger partial charge in [-0.1, -0.05) is 98.4 Å². The molecule has 2 unspecified atom stereocenters. The summed E-state index contributed by atoms with van der Waals surface area (Å²) in [5.41, 5.74) is 8.14. The lowest BCUT2D eigenvalue weighted by molar-refractivity contribution is -0.106. The molecule has 6 rings (SSSR count). The molecular weight excluding hydrogens is 671 g/mol. The number of nitrogens with one attached hydrogen (secondary N) is 1. The molecule has 4 aromatic rings. The fourth-order valence-electron chi connectivity index (χ4n) is 7.74. The van der Waals surface area contributed by atoms with Crippen molar-refractivity contribution in [3.63, 3.8) is 0 Å². The lowest BCUT2D eigenvalue weighted by atomic mass is 9.67. The summed E-state index contributed by atoms with van der Waals surface area (Å²) in [6.07, 6.45) is 2.52. The molecule has 0 bridgehead atoms. The van der Waals surface area contributed by atoms with Crippen molar-refractivity contribution in [1.29, 1.82) is 0 Å². The Morgan fingerprint density at radius 1 is 0.667 bits per heavy atom. The molecule has 4 aromatic carbocycles. The maximum atomic E-state index is 13.3. The highest BCUT2D eigenvalue weighted by Crippen LogP contribution is 2.46. The number of hydroxylamine groups is 1. The van der Waals surface area contributed by atoms with Crippen LogP contribution >= 0.6 is 0 Å². The fraction of sp³-hybridized carbons (Fsp3) is 0.438. The second kappa shape index (κ2) is 13.6. The molecule has 0 spiro atoms. The molecule has 54 heavy (non-hydrogen) atoms. The van der Waals surface area contributed by atoms with Crippen molar-refractivity contribution in [3.05, 3.63) is 125 Å². The summed E-state index contributed by atoms with van der Waals surface area (Å²) in [4.78, 5) is 19.5. The molecule has 2 heterocycles. The number of hydrogen-bond acceptors (Lipinski definition) is 6. The standard InChI is InChI=1S/C48H59NO5/c1-14-47(12)43(4,5)30-31(3)38-28-34(21-27-41(38)54-49-47)44(6,7)32-16-22-36(23-17-32)51-37-24-18-33(19-25-37)45(8,9)35-20-26-40-39(29-35)42(50)53-46(10,11)48(13,15-2)52-40/h16-29,49H,3,14-15,30H2,1-2,4-13H3. The van der Waals surface area contributed by atoms with E-state index in [1.165, 1.54) is 11.1 Å². The Kier molecular flexibility index (Phi) is 9.88. The van der Waals surface area contributed by atoms with E-state index in [0.29, 0.717) is 17.7 Å². The number of ether oxygens (including phenoxy) is 3. The molecular formula is C48H59NO5. The quantitative estimate of drug-likeness (QED) is 0.182. The van der Waals surface area contributed by atoms with Crippen LogP contribution in [0.5, 0.6) is 23.0 Å². The van der Waals surface area contributed by atoms with Gasteiger partial charge >= 0.3 is 5.97 Å². The van der Waals surface area contributed by atoms with Crippen molar-refractivity contribution in [2.45, 2.75) is 130 Å². The Morgan fingerprint density at radius 2 is 1.15 bits per heavy atom. The minimum atomic E-state index is -0.778. The average Bonchev–Trinajstić information content (AvgIpc) is 3.20. The van der Waals surface area contributed by atoms with Crippen LogP contribution < -0.4 is 19.8 Å². The molecule has 0 aliphatic carbocycles. The fourth-order valence-corrected chi connectivity index (χ4v) is 7.74. The Morgan fingerprint density at radius 3 is 1.65 bits per heavy atom. The summed E-state index contributed by atoms with van der Waals surface area (Å²) in [7, 11) is 0. The first-order chi connectivity index (χ1) is 25.2. The molecule has 0 fully saturated rings. The van der Waals surface area contributed by atoms with E-state index in [9.17, 15) is 4.79 Å². The summed E-state index contributed by atoms with van der Waals surface area (Å²) in [5, 5.41) is 0. The van der Waals surface area contributed by atoms with E-state index in [1.54, 1.807) is 0 Å². The smallest absolute Gasteiger partial charge is 0.342 e. The largest absolute Gasteiger partial charge is 0.483 e. The first-order valence-electron chi connectivity index (χ1n) is 19.4. The van der Waals surface area contributed by atoms with Crippen LogP contribution in [0, 0.1) is 5.41 Å². The van der Waals surface area contributed by atoms with Gasteiger partial charge in [-0.15, -0.1) is 0 Å². The number of fused-ring (bicyclic) bond motifs is 2. The maximum absolute atomic E-state index is 13.3. The maximum Gasteiger partial charge on any atom is 0.342 e. The summed E-state index contributed by atoms with van der Waals surface area (Å²) in [6.45, 7) is 30.2. The van der Waals surface area contributed by atoms with E-state index in [0.717, 1.165) is 52.4 Å². The van der Waals surface area contributed by atoms with Crippen LogP contribution in [0.25, 0.3) is 5.57 Å². The molecule has 6 heteroatoms. The third-order valence-corrected chi connectivity index (χ3v) is 13.3. The van der Waals surface area contributed by atoms with Gasteiger partial charge in [0.25, 0.3) is 0 Å². The van der Waals surface area contributed by atoms with Crippen LogP contribution in [-0.4, -0.2) is 22.7 Å². The molecule has 0 radical (unpaired) electrons. The van der Waals surface area contributed by atoms with Crippen LogP contribution in [0.1, 0.15) is 141 Å². The highest BCUT2D eigenvalue weighted by atomic mass is 16.7. The van der Waals surface area contributed by atoms with Gasteiger partial charge in [0.1, 0.15) is 34.0 Å². The number of rotatable bonds is 8. The van der Waals surface area contributed by atoms with Crippen LogP contribution in [0.4, 0.5) is 0 Å². The molecule has 0 amide bonds. The third-order valence-electron chi connectivity index (χ3n) is 13.3. The molecule has 1 N–H and O–H groups in total. The van der Waals surface area contributed by atoms with Gasteiger partial charge in [-0.3, -0.25) is 0 Å². The number of carbonyl (C=O) groups is 1. The van der Waals surface area contributed by atoms with Crippen molar-refractivity contribution in [2.75, 3.05) is 0 Å². The number of cyclic esters (lactones) is 1. The van der Waals surface area contributed by atoms with Gasteiger partial charge in [0.05, 0.1) is 5.54 Å². The van der Waals surface area contributed by atoms with Gasteiger partial charge < -0.3 is 19.0 Å². The molecule has 2 aliphatic heterocycles. The second-order valence-electron chi connectivity index (χ2n) is 18.0. The minimum Gasteiger partial charge on any atom is -0.483 e. The molecule has 2 aliphatic rings. The van der Waals surface area contributed by atoms with E-state index in [4.69, 9.17) is 19.0 Å². The Bertz CT molecular complexity index is 2060. The Balaban J connectivity index is 1.17. The summed E-state index contributed by atoms with van der Waals surface area (Å²) < 4.78 is 18.8. The van der Waals surface area contributed by atoms with E-state index in [-0.39, 0.29) is 22.3 Å². The van der Waals surface area contributed by atoms with Gasteiger partial charge in [0.15, 0.2) is 5.75 Å². The van der Waals surface area contributed by atoms with Crippen molar-refractivity contribution >= 4 is 11.5 Å². The molecule has 286 valence electrons. The Hall–Kier alpha value is -4.55. The molecule has 0 aromatic heterocycles. The second-order valence-corrected chi connectivity index (χ2v) is 18.0. The van der Waals surface area contributed by atoms with Gasteiger partial charge in [-0.05, 0) is 129 Å². The number of benzene rings is 4. The van der Waals surface area contributed by atoms with E-state index < -0.39 is 16.6 Å². The number of carbonyl (C=O) groups excluding carboxylic acids is 1. The summed E-state index contributed by atoms with van der Waals surface area (Å²) >= 11 is 0. The van der Waals surface area contributed by atoms with E-state index >= 15 is 0 Å². The molecule has 0 saturated carbocycles. The number of esters is 1. The van der Waals surface area contributed by atoms with Crippen LogP contribution in [0.15, 0.2) is 91.5 Å². The van der Waals surface area contributed by atoms with E-state index in [1.807, 2.05) is 70.2 Å². The summed E-state index contributed by atoms with van der Waals surface area (Å²) in [5.74, 6) is 2.52. The zero-order valence-electron chi connectivity index (χ0n) is 34.5. The van der Waals surface area contributed by atoms with Crippen LogP contribution in [0.3, 0.4) is 0 Å². The zero-order valence-corrected chi connectivity index (χ0v) is 34.5. The average molecular weight is 730 g/mol. The summed E-state index contributed by atoms with van der Waals surface area (Å²) in [6, 6.07) is 28.8. The van der Waals surface area contributed by atoms with Gasteiger partial charge in [-0.25, -0.2) is 4.79 Å². The lowest BCUT2D eigenvalue weighted by Gasteiger charge is -2.46. The van der Waals surface area contributed by atoms with Gasteiger partial charge in [0, 0.05) is 16.4 Å². The monoisotopic (exact) mass is 729 g/mol. The van der Waals surface area contributed by atoms with Gasteiger partial charge in [0.2, 0.25) is 0 Å². The lowest BCUT2D eigenvalue weighted by Crippen LogP contribution is -2.55. The van der Waals surface area contributed by atoms with Crippen molar-refractivity contribution in [2.24, 2.45) is 5.41 Å². The highest BCUT2D eigenvalue weighted by Gasteiger charge is 2.48. The molecule has 6 nitrogen and oxygen atoms in total. The third kappa shape index (κ3) is 6.83. The normalized spacial score (nSPS) is 22.3. The highest BCUT2D eigenvalue weighted by molar-refractivity contribution is 5.93. The van der Waals surface area contributed by atoms with Gasteiger partial charge in [-0.2, -0.15) is 5.48 Å². The van der Waals surface area contributed by atoms with Crippen LogP contribution in [-0.2, 0) is 15.6 Å². The predicted octanol–water partition coefficient (Wildman–Crippen LogP) is 12.1. The Labute approximate surface area is 323 Å². The van der Waals surface area contributed by atoms with Crippen molar-refractivity contribution in [3.8, 4) is 23.0 Å². The predicted molar refractivity (Wildman–Crippen MR) is 219 cm³/mol. The minimum absolute atomic E-state index is 0.0436. The van der Waals surface area contributed by atoms with Crippen molar-refractivity contribution < 1.29 is 23.8 Å². The van der Waals surface area contributed by atoms with Crippen molar-refractivity contribution in [1.82, 2.24) is 5.48 Å². The van der Waals surface area contributed by atoms with Crippen LogP contribution in [0.2, 0.25) is 0 Å². The first kappa shape index (κ1) is 39.2. The SMILES string of the molecule is C=C1CC(C)(C)C(C)(CC)NOc2ccc(C(C)(C)c3ccc(Oc4ccc(C(C)(C)c5ccc6c(c5)C(=O)OC(C)(C)C(C)(CC)O6)cc4)cc3)cc21.